The number of furan rings is 1. The monoisotopic (exact) mass is 295 g/mol. The first-order chi connectivity index (χ1) is 10.0. The minimum absolute atomic E-state index is 0.684. The highest BCUT2D eigenvalue weighted by Gasteiger charge is 2.08. The summed E-state index contributed by atoms with van der Waals surface area (Å²) >= 11 is 0. The highest BCUT2D eigenvalue weighted by molar-refractivity contribution is 5.12. The van der Waals surface area contributed by atoms with Gasteiger partial charge < -0.3 is 14.6 Å². The normalized spacial score (nSPS) is 12.0. The number of hydrogen-bond donors (Lipinski definition) is 1. The molecule has 1 aromatic rings. The molecule has 0 aliphatic carbocycles. The van der Waals surface area contributed by atoms with Gasteiger partial charge in [0.05, 0.1) is 12.8 Å². The highest BCUT2D eigenvalue weighted by Crippen LogP contribution is 2.11. The van der Waals surface area contributed by atoms with Gasteiger partial charge in [-0.1, -0.05) is 20.8 Å². The van der Waals surface area contributed by atoms with Gasteiger partial charge in [-0.15, -0.1) is 0 Å². The van der Waals surface area contributed by atoms with E-state index in [1.165, 1.54) is 12.0 Å². The minimum Gasteiger partial charge on any atom is -0.468 e. The molecule has 0 saturated carbocycles. The van der Waals surface area contributed by atoms with Crippen LogP contribution < -0.4 is 5.32 Å². The van der Waals surface area contributed by atoms with Crippen molar-refractivity contribution in [2.75, 3.05) is 40.3 Å². The average molecular weight is 295 g/mol. The SMILES string of the molecule is CCN(CCCN(C)C)Cc1cc(CNCC(C)C)co1. The Kier molecular flexibility index (Phi) is 8.66. The predicted molar refractivity (Wildman–Crippen MR) is 89.4 cm³/mol. The third-order valence-corrected chi connectivity index (χ3v) is 3.50. The van der Waals surface area contributed by atoms with Crippen molar-refractivity contribution in [2.24, 2.45) is 5.92 Å². The first-order valence-electron chi connectivity index (χ1n) is 8.15. The average Bonchev–Trinajstić information content (AvgIpc) is 2.84. The molecule has 0 aromatic carbocycles. The lowest BCUT2D eigenvalue weighted by Crippen LogP contribution is -2.26. The maximum Gasteiger partial charge on any atom is 0.118 e. The van der Waals surface area contributed by atoms with Gasteiger partial charge in [0, 0.05) is 12.1 Å². The van der Waals surface area contributed by atoms with Crippen LogP contribution in [0.5, 0.6) is 0 Å². The molecule has 1 heterocycles. The maximum atomic E-state index is 5.69. The van der Waals surface area contributed by atoms with E-state index in [1.807, 2.05) is 6.26 Å². The van der Waals surface area contributed by atoms with Crippen LogP contribution in [0.4, 0.5) is 0 Å². The van der Waals surface area contributed by atoms with Crippen LogP contribution in [0.3, 0.4) is 0 Å². The predicted octanol–water partition coefficient (Wildman–Crippen LogP) is 2.80. The maximum absolute atomic E-state index is 5.69. The van der Waals surface area contributed by atoms with Crippen LogP contribution in [0.25, 0.3) is 0 Å². The van der Waals surface area contributed by atoms with Crippen LogP contribution in [0, 0.1) is 5.92 Å². The Morgan fingerprint density at radius 1 is 1.24 bits per heavy atom. The first kappa shape index (κ1) is 18.2. The molecule has 0 aliphatic rings. The van der Waals surface area contributed by atoms with Crippen molar-refractivity contribution in [2.45, 2.75) is 40.3 Å². The van der Waals surface area contributed by atoms with Crippen LogP contribution >= 0.6 is 0 Å². The zero-order chi connectivity index (χ0) is 15.7. The van der Waals surface area contributed by atoms with Gasteiger partial charge in [-0.3, -0.25) is 4.90 Å². The van der Waals surface area contributed by atoms with Crippen LogP contribution in [0.1, 0.15) is 38.5 Å². The Morgan fingerprint density at radius 3 is 2.62 bits per heavy atom. The zero-order valence-electron chi connectivity index (χ0n) is 14.5. The molecule has 1 N–H and O–H groups in total. The van der Waals surface area contributed by atoms with Gasteiger partial charge in [0.15, 0.2) is 0 Å². The van der Waals surface area contributed by atoms with Crippen LogP contribution in [0.15, 0.2) is 16.7 Å². The van der Waals surface area contributed by atoms with Crippen LogP contribution in [-0.4, -0.2) is 50.1 Å². The summed E-state index contributed by atoms with van der Waals surface area (Å²) in [5.74, 6) is 1.76. The van der Waals surface area contributed by atoms with E-state index in [0.717, 1.165) is 45.0 Å². The summed E-state index contributed by atoms with van der Waals surface area (Å²) in [5.41, 5.74) is 1.25. The van der Waals surface area contributed by atoms with Gasteiger partial charge >= 0.3 is 0 Å². The standard InChI is InChI=1S/C17H33N3O/c1-6-20(9-7-8-19(4)5)13-17-10-16(14-21-17)12-18-11-15(2)3/h10,14-15,18H,6-9,11-13H2,1-5H3. The molecule has 1 rings (SSSR count). The molecule has 0 atom stereocenters. The molecule has 4 nitrogen and oxygen atoms in total. The second-order valence-corrected chi connectivity index (χ2v) is 6.47. The Labute approximate surface area is 130 Å². The molecule has 0 saturated heterocycles. The second kappa shape index (κ2) is 9.98. The Morgan fingerprint density at radius 2 is 2.00 bits per heavy atom. The molecule has 0 unspecified atom stereocenters. The van der Waals surface area contributed by atoms with E-state index in [-0.39, 0.29) is 0 Å². The Hall–Kier alpha value is -0.840. The molecule has 0 aliphatic heterocycles. The largest absolute Gasteiger partial charge is 0.468 e. The fraction of sp³-hybridized carbons (Fsp3) is 0.765. The molecular formula is C17H33N3O. The number of nitrogens with one attached hydrogen (secondary N) is 1. The third-order valence-electron chi connectivity index (χ3n) is 3.50. The van der Waals surface area contributed by atoms with E-state index in [4.69, 9.17) is 4.42 Å². The van der Waals surface area contributed by atoms with Crippen LogP contribution in [-0.2, 0) is 13.1 Å². The summed E-state index contributed by atoms with van der Waals surface area (Å²) in [6, 6.07) is 2.18. The Balaban J connectivity index is 2.33. The van der Waals surface area contributed by atoms with E-state index >= 15 is 0 Å². The number of rotatable bonds is 11. The van der Waals surface area contributed by atoms with E-state index < -0.39 is 0 Å². The van der Waals surface area contributed by atoms with Crippen molar-refractivity contribution in [3.63, 3.8) is 0 Å². The van der Waals surface area contributed by atoms with Crippen molar-refractivity contribution in [3.8, 4) is 0 Å². The Bertz CT molecular complexity index is 374. The quantitative estimate of drug-likeness (QED) is 0.680. The minimum atomic E-state index is 0.684. The van der Waals surface area contributed by atoms with Crippen molar-refractivity contribution in [3.05, 3.63) is 23.7 Å². The molecule has 1 aromatic heterocycles. The lowest BCUT2D eigenvalue weighted by molar-refractivity contribution is 0.240. The lowest BCUT2D eigenvalue weighted by atomic mass is 10.2. The summed E-state index contributed by atoms with van der Waals surface area (Å²) in [5, 5.41) is 3.45. The van der Waals surface area contributed by atoms with Gasteiger partial charge in [-0.2, -0.15) is 0 Å². The lowest BCUT2D eigenvalue weighted by Gasteiger charge is -2.20. The van der Waals surface area contributed by atoms with E-state index in [1.54, 1.807) is 0 Å². The molecule has 21 heavy (non-hydrogen) atoms. The summed E-state index contributed by atoms with van der Waals surface area (Å²) in [6.45, 7) is 12.8. The molecule has 0 radical (unpaired) electrons. The molecular weight excluding hydrogens is 262 g/mol. The molecule has 0 bridgehead atoms. The molecule has 0 amide bonds. The van der Waals surface area contributed by atoms with Gasteiger partial charge in [0.1, 0.15) is 5.76 Å². The van der Waals surface area contributed by atoms with E-state index in [9.17, 15) is 0 Å². The molecule has 122 valence electrons. The molecule has 0 spiro atoms. The summed E-state index contributed by atoms with van der Waals surface area (Å²) < 4.78 is 5.69. The van der Waals surface area contributed by atoms with Gasteiger partial charge in [-0.05, 0) is 58.7 Å². The fourth-order valence-corrected chi connectivity index (χ4v) is 2.29. The van der Waals surface area contributed by atoms with Crippen LogP contribution in [0.2, 0.25) is 0 Å². The van der Waals surface area contributed by atoms with Gasteiger partial charge in [0.25, 0.3) is 0 Å². The van der Waals surface area contributed by atoms with E-state index in [0.29, 0.717) is 5.92 Å². The van der Waals surface area contributed by atoms with Gasteiger partial charge in [-0.25, -0.2) is 0 Å². The van der Waals surface area contributed by atoms with Crippen molar-refractivity contribution >= 4 is 0 Å². The summed E-state index contributed by atoms with van der Waals surface area (Å²) in [4.78, 5) is 4.67. The molecule has 0 fully saturated rings. The van der Waals surface area contributed by atoms with Gasteiger partial charge in [0.2, 0.25) is 0 Å². The summed E-state index contributed by atoms with van der Waals surface area (Å²) in [6.07, 6.45) is 3.08. The zero-order valence-corrected chi connectivity index (χ0v) is 14.5. The van der Waals surface area contributed by atoms with Crippen molar-refractivity contribution in [1.29, 1.82) is 0 Å². The second-order valence-electron chi connectivity index (χ2n) is 6.47. The van der Waals surface area contributed by atoms with E-state index in [2.05, 4.69) is 56.0 Å². The topological polar surface area (TPSA) is 31.6 Å². The highest BCUT2D eigenvalue weighted by atomic mass is 16.3. The van der Waals surface area contributed by atoms with Crippen molar-refractivity contribution in [1.82, 2.24) is 15.1 Å². The first-order valence-corrected chi connectivity index (χ1v) is 8.15. The fourth-order valence-electron chi connectivity index (χ4n) is 2.29. The number of hydrogen-bond acceptors (Lipinski definition) is 4. The number of nitrogens with zero attached hydrogens (tertiary/aromatic N) is 2. The summed E-state index contributed by atoms with van der Waals surface area (Å²) in [7, 11) is 4.25. The smallest absolute Gasteiger partial charge is 0.118 e. The third kappa shape index (κ3) is 8.24. The van der Waals surface area contributed by atoms with Crippen molar-refractivity contribution < 1.29 is 4.42 Å². The molecule has 4 heteroatoms.